The first-order valence-electron chi connectivity index (χ1n) is 9.66. The van der Waals surface area contributed by atoms with E-state index in [9.17, 15) is 4.79 Å². The van der Waals surface area contributed by atoms with Crippen molar-refractivity contribution in [3.05, 3.63) is 64.7 Å². The largest absolute Gasteiger partial charge is 0.466 e. The predicted molar refractivity (Wildman–Crippen MR) is 113 cm³/mol. The van der Waals surface area contributed by atoms with E-state index < -0.39 is 0 Å². The van der Waals surface area contributed by atoms with E-state index in [-0.39, 0.29) is 16.8 Å². The third kappa shape index (κ3) is 3.85. The van der Waals surface area contributed by atoms with E-state index in [2.05, 4.69) is 63.6 Å². The van der Waals surface area contributed by atoms with Crippen molar-refractivity contribution < 1.29 is 9.53 Å². The highest BCUT2D eigenvalue weighted by molar-refractivity contribution is 5.87. The Kier molecular flexibility index (Phi) is 5.03. The number of esters is 1. The molecule has 0 aliphatic heterocycles. The van der Waals surface area contributed by atoms with Gasteiger partial charge in [-0.2, -0.15) is 0 Å². The predicted octanol–water partition coefficient (Wildman–Crippen LogP) is 6.20. The summed E-state index contributed by atoms with van der Waals surface area (Å²) in [5.74, 6) is -0.338. The van der Waals surface area contributed by atoms with Gasteiger partial charge >= 0.3 is 5.97 Å². The summed E-state index contributed by atoms with van der Waals surface area (Å²) in [6.07, 6.45) is 5.67. The molecule has 0 radical (unpaired) electrons. The van der Waals surface area contributed by atoms with E-state index in [0.717, 1.165) is 5.56 Å². The van der Waals surface area contributed by atoms with Crippen molar-refractivity contribution >= 4 is 12.0 Å². The van der Waals surface area contributed by atoms with Crippen LogP contribution in [0.3, 0.4) is 0 Å². The average Bonchev–Trinajstić information content (AvgIpc) is 2.64. The molecule has 0 N–H and O–H groups in total. The number of hydrogen-bond donors (Lipinski definition) is 0. The first-order valence-corrected chi connectivity index (χ1v) is 9.66. The second kappa shape index (κ2) is 6.99. The van der Waals surface area contributed by atoms with Gasteiger partial charge in [0.15, 0.2) is 0 Å². The number of carbonyl (C=O) groups is 1. The summed E-state index contributed by atoms with van der Waals surface area (Å²) in [6, 6.07) is 13.2. The van der Waals surface area contributed by atoms with Crippen molar-refractivity contribution in [2.45, 2.75) is 58.3 Å². The number of carbonyl (C=O) groups excluding carboxylic acids is 1. The minimum atomic E-state index is -0.338. The number of hydrogen-bond acceptors (Lipinski definition) is 2. The van der Waals surface area contributed by atoms with Gasteiger partial charge < -0.3 is 4.74 Å². The molecule has 0 saturated carbocycles. The van der Waals surface area contributed by atoms with Gasteiger partial charge in [0.05, 0.1) is 7.11 Å². The van der Waals surface area contributed by atoms with E-state index >= 15 is 0 Å². The fourth-order valence-electron chi connectivity index (χ4n) is 4.04. The van der Waals surface area contributed by atoms with Gasteiger partial charge in [0.1, 0.15) is 0 Å². The number of rotatable bonds is 3. The van der Waals surface area contributed by atoms with Gasteiger partial charge in [-0.1, -0.05) is 64.1 Å². The molecule has 0 unspecified atom stereocenters. The Morgan fingerprint density at radius 3 is 2.07 bits per heavy atom. The molecule has 2 heteroatoms. The van der Waals surface area contributed by atoms with Gasteiger partial charge in [-0.15, -0.1) is 0 Å². The molecule has 0 aromatic heterocycles. The summed E-state index contributed by atoms with van der Waals surface area (Å²) < 4.78 is 4.64. The highest BCUT2D eigenvalue weighted by atomic mass is 16.5. The van der Waals surface area contributed by atoms with E-state index in [4.69, 9.17) is 0 Å². The molecular formula is C25H30O2. The monoisotopic (exact) mass is 362 g/mol. The van der Waals surface area contributed by atoms with Crippen LogP contribution in [0.15, 0.2) is 42.5 Å². The molecule has 0 heterocycles. The highest BCUT2D eigenvalue weighted by Crippen LogP contribution is 2.47. The number of aryl methyl sites for hydroxylation is 1. The fourth-order valence-corrected chi connectivity index (χ4v) is 4.04. The molecular weight excluding hydrogens is 332 g/mol. The van der Waals surface area contributed by atoms with Crippen LogP contribution in [0.2, 0.25) is 0 Å². The molecule has 2 nitrogen and oxygen atoms in total. The SMILES string of the molecule is COC(=O)C=Cc1ccc(-c2cc3c(cc2C)C(C)(C)CCC3(C)C)cc1. The normalized spacial score (nSPS) is 17.6. The topological polar surface area (TPSA) is 26.3 Å². The van der Waals surface area contributed by atoms with E-state index in [1.807, 2.05) is 12.1 Å². The lowest BCUT2D eigenvalue weighted by Crippen LogP contribution is -2.34. The van der Waals surface area contributed by atoms with Gasteiger partial charge in [-0.25, -0.2) is 4.79 Å². The zero-order chi connectivity index (χ0) is 19.8. The molecule has 1 aliphatic rings. The van der Waals surface area contributed by atoms with Crippen molar-refractivity contribution in [3.63, 3.8) is 0 Å². The standard InChI is InChI=1S/C25H30O2/c1-17-15-21-22(25(4,5)14-13-24(21,2)3)16-20(17)19-10-7-18(8-11-19)9-12-23(26)27-6/h7-12,15-16H,13-14H2,1-6H3. The molecule has 1 aliphatic carbocycles. The fraction of sp³-hybridized carbons (Fsp3) is 0.400. The number of ether oxygens (including phenoxy) is 1. The van der Waals surface area contributed by atoms with Crippen LogP contribution in [0, 0.1) is 6.92 Å². The Bertz CT molecular complexity index is 883. The lowest BCUT2D eigenvalue weighted by molar-refractivity contribution is -0.134. The smallest absolute Gasteiger partial charge is 0.330 e. The maximum Gasteiger partial charge on any atom is 0.330 e. The van der Waals surface area contributed by atoms with Crippen LogP contribution in [0.5, 0.6) is 0 Å². The van der Waals surface area contributed by atoms with Crippen molar-refractivity contribution in [1.29, 1.82) is 0 Å². The molecule has 0 saturated heterocycles. The summed E-state index contributed by atoms with van der Waals surface area (Å²) in [4.78, 5) is 11.3. The minimum Gasteiger partial charge on any atom is -0.466 e. The summed E-state index contributed by atoms with van der Waals surface area (Å²) >= 11 is 0. The molecule has 0 bridgehead atoms. The maximum atomic E-state index is 11.3. The van der Waals surface area contributed by atoms with Crippen LogP contribution in [-0.4, -0.2) is 13.1 Å². The lowest BCUT2D eigenvalue weighted by atomic mass is 9.62. The van der Waals surface area contributed by atoms with E-state index in [1.165, 1.54) is 53.8 Å². The second-order valence-corrected chi connectivity index (χ2v) is 8.96. The third-order valence-electron chi connectivity index (χ3n) is 6.03. The number of methoxy groups -OCH3 is 1. The van der Waals surface area contributed by atoms with E-state index in [0.29, 0.717) is 0 Å². The van der Waals surface area contributed by atoms with Gasteiger partial charge in [-0.3, -0.25) is 0 Å². The Morgan fingerprint density at radius 2 is 1.52 bits per heavy atom. The van der Waals surface area contributed by atoms with Crippen molar-refractivity contribution in [1.82, 2.24) is 0 Å². The first-order chi connectivity index (χ1) is 12.6. The van der Waals surface area contributed by atoms with Crippen LogP contribution < -0.4 is 0 Å². The number of benzene rings is 2. The molecule has 0 fully saturated rings. The molecule has 2 aromatic carbocycles. The second-order valence-electron chi connectivity index (χ2n) is 8.96. The molecule has 2 aromatic rings. The zero-order valence-corrected chi connectivity index (χ0v) is 17.3. The molecule has 0 atom stereocenters. The summed E-state index contributed by atoms with van der Waals surface area (Å²) in [6.45, 7) is 11.7. The van der Waals surface area contributed by atoms with Gasteiger partial charge in [0.2, 0.25) is 0 Å². The molecule has 0 spiro atoms. The Balaban J connectivity index is 2.01. The first kappa shape index (κ1) is 19.4. The van der Waals surface area contributed by atoms with E-state index in [1.54, 1.807) is 6.08 Å². The molecule has 0 amide bonds. The lowest BCUT2D eigenvalue weighted by Gasteiger charge is -2.42. The van der Waals surface area contributed by atoms with Crippen molar-refractivity contribution in [3.8, 4) is 11.1 Å². The highest BCUT2D eigenvalue weighted by Gasteiger charge is 2.37. The van der Waals surface area contributed by atoms with Crippen LogP contribution in [0.25, 0.3) is 17.2 Å². The zero-order valence-electron chi connectivity index (χ0n) is 17.3. The molecule has 142 valence electrons. The summed E-state index contributed by atoms with van der Waals surface area (Å²) in [5.41, 5.74) is 8.23. The van der Waals surface area contributed by atoms with Crippen LogP contribution in [-0.2, 0) is 20.4 Å². The average molecular weight is 363 g/mol. The minimum absolute atomic E-state index is 0.205. The third-order valence-corrected chi connectivity index (χ3v) is 6.03. The van der Waals surface area contributed by atoms with Crippen LogP contribution in [0.1, 0.15) is 62.8 Å². The quantitative estimate of drug-likeness (QED) is 0.480. The van der Waals surface area contributed by atoms with Gasteiger partial charge in [0, 0.05) is 6.08 Å². The Morgan fingerprint density at radius 1 is 0.963 bits per heavy atom. The van der Waals surface area contributed by atoms with Gasteiger partial charge in [0.25, 0.3) is 0 Å². The van der Waals surface area contributed by atoms with Crippen molar-refractivity contribution in [2.24, 2.45) is 0 Å². The Labute approximate surface area is 163 Å². The van der Waals surface area contributed by atoms with Gasteiger partial charge in [-0.05, 0) is 70.1 Å². The Hall–Kier alpha value is -2.35. The summed E-state index contributed by atoms with van der Waals surface area (Å²) in [7, 11) is 1.39. The number of fused-ring (bicyclic) bond motifs is 1. The molecule has 3 rings (SSSR count). The summed E-state index contributed by atoms with van der Waals surface area (Å²) in [5, 5.41) is 0. The maximum absolute atomic E-state index is 11.3. The van der Waals surface area contributed by atoms with Crippen molar-refractivity contribution in [2.75, 3.05) is 7.11 Å². The molecule has 27 heavy (non-hydrogen) atoms. The van der Waals surface area contributed by atoms with Crippen LogP contribution >= 0.6 is 0 Å². The van der Waals surface area contributed by atoms with Crippen LogP contribution in [0.4, 0.5) is 0 Å².